The summed E-state index contributed by atoms with van der Waals surface area (Å²) < 4.78 is 3.12. The first kappa shape index (κ1) is 11.7. The molecule has 0 bridgehead atoms. The Morgan fingerprint density at radius 1 is 1.06 bits per heavy atom. The number of hydrogen-bond acceptors (Lipinski definition) is 1. The summed E-state index contributed by atoms with van der Waals surface area (Å²) in [5, 5.41) is 3.48. The molecule has 0 aliphatic heterocycles. The SMILES string of the molecule is S=c1cc(-c2ccccc2)[nH]n1C1CCCCC1. The van der Waals surface area contributed by atoms with E-state index in [0.717, 1.165) is 10.3 Å². The summed E-state index contributed by atoms with van der Waals surface area (Å²) in [7, 11) is 0. The highest BCUT2D eigenvalue weighted by atomic mass is 32.1. The highest BCUT2D eigenvalue weighted by Crippen LogP contribution is 2.29. The standard InChI is InChI=1S/C15H18N2S/c18-15-11-14(12-7-3-1-4-8-12)16-17(15)13-9-5-2-6-10-13/h1,3-4,7-8,11,13,16H,2,5-6,9-10H2. The van der Waals surface area contributed by atoms with Crippen LogP contribution in [0.2, 0.25) is 0 Å². The fourth-order valence-electron chi connectivity index (χ4n) is 2.79. The second-order valence-corrected chi connectivity index (χ2v) is 5.45. The van der Waals surface area contributed by atoms with Gasteiger partial charge >= 0.3 is 0 Å². The normalized spacial score (nSPS) is 16.9. The highest BCUT2D eigenvalue weighted by molar-refractivity contribution is 7.71. The maximum atomic E-state index is 5.49. The van der Waals surface area contributed by atoms with Crippen molar-refractivity contribution in [1.29, 1.82) is 0 Å². The van der Waals surface area contributed by atoms with Crippen LogP contribution in [0.1, 0.15) is 38.1 Å². The lowest BCUT2D eigenvalue weighted by Crippen LogP contribution is -2.14. The lowest BCUT2D eigenvalue weighted by molar-refractivity contribution is 0.327. The average molecular weight is 258 g/mol. The van der Waals surface area contributed by atoms with E-state index in [2.05, 4.69) is 40.1 Å². The summed E-state index contributed by atoms with van der Waals surface area (Å²) in [5.41, 5.74) is 2.34. The van der Waals surface area contributed by atoms with Gasteiger partial charge in [0.15, 0.2) is 0 Å². The Balaban J connectivity index is 1.93. The summed E-state index contributed by atoms with van der Waals surface area (Å²) in [6.45, 7) is 0. The first-order chi connectivity index (χ1) is 8.84. The lowest BCUT2D eigenvalue weighted by atomic mass is 9.96. The molecule has 94 valence electrons. The summed E-state index contributed by atoms with van der Waals surface area (Å²) in [6.07, 6.45) is 6.53. The number of nitrogens with one attached hydrogen (secondary N) is 1. The molecular weight excluding hydrogens is 240 g/mol. The minimum atomic E-state index is 0.573. The van der Waals surface area contributed by atoms with Crippen molar-refractivity contribution in [3.63, 3.8) is 0 Å². The van der Waals surface area contributed by atoms with Crippen molar-refractivity contribution in [2.75, 3.05) is 0 Å². The molecule has 1 heterocycles. The smallest absolute Gasteiger partial charge is 0.122 e. The van der Waals surface area contributed by atoms with Crippen molar-refractivity contribution in [2.24, 2.45) is 0 Å². The Bertz CT molecular complexity index is 562. The van der Waals surface area contributed by atoms with E-state index in [9.17, 15) is 0 Å². The van der Waals surface area contributed by atoms with Crippen molar-refractivity contribution in [3.05, 3.63) is 41.0 Å². The van der Waals surface area contributed by atoms with E-state index < -0.39 is 0 Å². The van der Waals surface area contributed by atoms with Gasteiger partial charge in [-0.05, 0) is 24.5 Å². The van der Waals surface area contributed by atoms with E-state index in [1.54, 1.807) is 0 Å². The van der Waals surface area contributed by atoms with E-state index in [4.69, 9.17) is 12.2 Å². The predicted molar refractivity (Wildman–Crippen MR) is 77.2 cm³/mol. The van der Waals surface area contributed by atoms with E-state index in [-0.39, 0.29) is 0 Å². The molecule has 1 aromatic heterocycles. The fourth-order valence-corrected chi connectivity index (χ4v) is 3.10. The maximum Gasteiger partial charge on any atom is 0.122 e. The molecule has 1 aromatic carbocycles. The molecule has 0 amide bonds. The minimum absolute atomic E-state index is 0.573. The van der Waals surface area contributed by atoms with Crippen LogP contribution in [0.4, 0.5) is 0 Å². The zero-order chi connectivity index (χ0) is 12.4. The zero-order valence-corrected chi connectivity index (χ0v) is 11.2. The van der Waals surface area contributed by atoms with Crippen molar-refractivity contribution in [1.82, 2.24) is 9.78 Å². The molecule has 18 heavy (non-hydrogen) atoms. The van der Waals surface area contributed by atoms with Crippen LogP contribution in [0.15, 0.2) is 36.4 Å². The minimum Gasteiger partial charge on any atom is -0.297 e. The van der Waals surface area contributed by atoms with Gasteiger partial charge in [0.2, 0.25) is 0 Å². The largest absolute Gasteiger partial charge is 0.297 e. The second-order valence-electron chi connectivity index (χ2n) is 5.04. The van der Waals surface area contributed by atoms with Crippen molar-refractivity contribution in [2.45, 2.75) is 38.1 Å². The van der Waals surface area contributed by atoms with Crippen molar-refractivity contribution in [3.8, 4) is 11.3 Å². The first-order valence-corrected chi connectivity index (χ1v) is 7.12. The van der Waals surface area contributed by atoms with Gasteiger partial charge in [-0.3, -0.25) is 9.78 Å². The number of hydrogen-bond donors (Lipinski definition) is 1. The molecule has 3 heteroatoms. The molecule has 2 aromatic rings. The first-order valence-electron chi connectivity index (χ1n) is 6.71. The number of benzene rings is 1. The van der Waals surface area contributed by atoms with Crippen LogP contribution < -0.4 is 0 Å². The quantitative estimate of drug-likeness (QED) is 0.773. The maximum absolute atomic E-state index is 5.49. The molecule has 0 saturated heterocycles. The Kier molecular flexibility index (Phi) is 3.33. The van der Waals surface area contributed by atoms with Crippen LogP contribution in [0.5, 0.6) is 0 Å². The zero-order valence-electron chi connectivity index (χ0n) is 10.4. The van der Waals surface area contributed by atoms with Gasteiger partial charge in [0.1, 0.15) is 4.64 Å². The molecule has 1 N–H and O–H groups in total. The number of rotatable bonds is 2. The van der Waals surface area contributed by atoms with Crippen LogP contribution in [0.25, 0.3) is 11.3 Å². The van der Waals surface area contributed by atoms with Crippen LogP contribution >= 0.6 is 12.2 Å². The van der Waals surface area contributed by atoms with Gasteiger partial charge < -0.3 is 0 Å². The number of aromatic amines is 1. The summed E-state index contributed by atoms with van der Waals surface area (Å²) in [4.78, 5) is 0. The lowest BCUT2D eigenvalue weighted by Gasteiger charge is -2.22. The second kappa shape index (κ2) is 5.11. The van der Waals surface area contributed by atoms with Crippen LogP contribution in [0.3, 0.4) is 0 Å². The predicted octanol–water partition coefficient (Wildman–Crippen LogP) is 4.72. The molecule has 1 aliphatic rings. The van der Waals surface area contributed by atoms with Gasteiger partial charge in [-0.25, -0.2) is 0 Å². The number of nitrogens with zero attached hydrogens (tertiary/aromatic N) is 1. The molecule has 1 aliphatic carbocycles. The fraction of sp³-hybridized carbons (Fsp3) is 0.400. The third-order valence-corrected chi connectivity index (χ3v) is 4.09. The molecule has 0 spiro atoms. The molecule has 0 unspecified atom stereocenters. The van der Waals surface area contributed by atoms with Crippen LogP contribution in [0, 0.1) is 4.64 Å². The third-order valence-electron chi connectivity index (χ3n) is 3.77. The summed E-state index contributed by atoms with van der Waals surface area (Å²) in [6, 6.07) is 13.0. The average Bonchev–Trinajstić information content (AvgIpc) is 2.83. The van der Waals surface area contributed by atoms with Gasteiger partial charge in [0, 0.05) is 0 Å². The topological polar surface area (TPSA) is 20.7 Å². The van der Waals surface area contributed by atoms with E-state index in [1.165, 1.54) is 37.7 Å². The molecular formula is C15H18N2S. The molecule has 1 saturated carbocycles. The van der Waals surface area contributed by atoms with Gasteiger partial charge in [0.05, 0.1) is 11.7 Å². The van der Waals surface area contributed by atoms with Crippen LogP contribution in [-0.4, -0.2) is 9.78 Å². The van der Waals surface area contributed by atoms with Gasteiger partial charge in [-0.1, -0.05) is 61.8 Å². The number of H-pyrrole nitrogens is 1. The molecule has 0 radical (unpaired) electrons. The Morgan fingerprint density at radius 2 is 1.78 bits per heavy atom. The highest BCUT2D eigenvalue weighted by Gasteiger charge is 2.16. The monoisotopic (exact) mass is 258 g/mol. The van der Waals surface area contributed by atoms with Crippen molar-refractivity contribution < 1.29 is 0 Å². The summed E-state index contributed by atoms with van der Waals surface area (Å²) in [5.74, 6) is 0. The Morgan fingerprint density at radius 3 is 2.50 bits per heavy atom. The van der Waals surface area contributed by atoms with Gasteiger partial charge in [0.25, 0.3) is 0 Å². The molecule has 1 fully saturated rings. The van der Waals surface area contributed by atoms with E-state index in [1.807, 2.05) is 6.07 Å². The third kappa shape index (κ3) is 2.27. The van der Waals surface area contributed by atoms with E-state index >= 15 is 0 Å². The molecule has 3 rings (SSSR count). The number of aromatic nitrogens is 2. The van der Waals surface area contributed by atoms with Gasteiger partial charge in [-0.15, -0.1) is 0 Å². The Labute approximate surface area is 113 Å². The summed E-state index contributed by atoms with van der Waals surface area (Å²) >= 11 is 5.49. The van der Waals surface area contributed by atoms with Crippen molar-refractivity contribution >= 4 is 12.2 Å². The molecule has 0 atom stereocenters. The van der Waals surface area contributed by atoms with E-state index in [0.29, 0.717) is 6.04 Å². The Hall–Kier alpha value is -1.35. The molecule has 2 nitrogen and oxygen atoms in total. The van der Waals surface area contributed by atoms with Gasteiger partial charge in [-0.2, -0.15) is 0 Å². The van der Waals surface area contributed by atoms with Crippen LogP contribution in [-0.2, 0) is 0 Å².